The molecule has 0 aliphatic carbocycles. The first kappa shape index (κ1) is 14.8. The molecule has 1 aromatic carbocycles. The third kappa shape index (κ3) is 2.35. The molecule has 1 aromatic rings. The number of rotatable bonds is 1. The predicted molar refractivity (Wildman–Crippen MR) is 91.8 cm³/mol. The largest absolute Gasteiger partial charge is 0.317 e. The van der Waals surface area contributed by atoms with Gasteiger partial charge in [0, 0.05) is 34.3 Å². The third-order valence-corrected chi connectivity index (χ3v) is 6.30. The van der Waals surface area contributed by atoms with Gasteiger partial charge in [0.05, 0.1) is 6.04 Å². The van der Waals surface area contributed by atoms with Crippen LogP contribution in [0.2, 0.25) is 5.02 Å². The van der Waals surface area contributed by atoms with Crippen LogP contribution in [0.5, 0.6) is 0 Å². The van der Waals surface area contributed by atoms with E-state index in [0.29, 0.717) is 0 Å². The summed E-state index contributed by atoms with van der Waals surface area (Å²) in [7, 11) is 0. The first-order valence-corrected chi connectivity index (χ1v) is 9.36. The second-order valence-electron chi connectivity index (χ2n) is 6.39. The maximum Gasteiger partial charge on any atom is 0.245 e. The lowest BCUT2D eigenvalue weighted by atomic mass is 9.75. The number of thioether (sulfide) groups is 1. The molecule has 6 heteroatoms. The Morgan fingerprint density at radius 3 is 2.91 bits per heavy atom. The molecule has 0 saturated carbocycles. The molecular formula is C16H20ClN3OS. The molecule has 3 aliphatic heterocycles. The zero-order valence-corrected chi connectivity index (χ0v) is 14.0. The van der Waals surface area contributed by atoms with Crippen molar-refractivity contribution in [3.63, 3.8) is 0 Å². The van der Waals surface area contributed by atoms with Crippen molar-refractivity contribution in [1.29, 1.82) is 0 Å². The quantitative estimate of drug-likeness (QED) is 0.822. The number of carbonyl (C=O) groups excluding carboxylic acids is 1. The van der Waals surface area contributed by atoms with Crippen molar-refractivity contribution in [2.75, 3.05) is 36.2 Å². The van der Waals surface area contributed by atoms with Crippen LogP contribution >= 0.6 is 23.4 Å². The van der Waals surface area contributed by atoms with Gasteiger partial charge in [0.1, 0.15) is 0 Å². The second kappa shape index (κ2) is 5.71. The van der Waals surface area contributed by atoms with E-state index in [2.05, 4.69) is 16.7 Å². The van der Waals surface area contributed by atoms with E-state index in [4.69, 9.17) is 11.6 Å². The van der Waals surface area contributed by atoms with Gasteiger partial charge in [-0.2, -0.15) is 0 Å². The first-order chi connectivity index (χ1) is 10.7. The Kier molecular flexibility index (Phi) is 3.85. The van der Waals surface area contributed by atoms with Gasteiger partial charge in [-0.3, -0.25) is 10.1 Å². The lowest BCUT2D eigenvalue weighted by molar-refractivity contribution is -0.119. The van der Waals surface area contributed by atoms with Crippen molar-refractivity contribution in [2.45, 2.75) is 24.3 Å². The number of hydrogen-bond donors (Lipinski definition) is 2. The van der Waals surface area contributed by atoms with Gasteiger partial charge in [-0.15, -0.1) is 11.8 Å². The van der Waals surface area contributed by atoms with Crippen LogP contribution in [0.3, 0.4) is 0 Å². The number of benzene rings is 1. The number of halogens is 1. The lowest BCUT2D eigenvalue weighted by Gasteiger charge is -2.35. The fourth-order valence-electron chi connectivity index (χ4n) is 3.91. The summed E-state index contributed by atoms with van der Waals surface area (Å²) >= 11 is 8.04. The fourth-order valence-corrected chi connectivity index (χ4v) is 5.02. The minimum Gasteiger partial charge on any atom is -0.317 e. The summed E-state index contributed by atoms with van der Waals surface area (Å²) < 4.78 is 0. The Morgan fingerprint density at radius 2 is 2.18 bits per heavy atom. The number of anilines is 1. The zero-order valence-electron chi connectivity index (χ0n) is 12.4. The van der Waals surface area contributed by atoms with E-state index in [9.17, 15) is 4.79 Å². The van der Waals surface area contributed by atoms with Crippen molar-refractivity contribution in [3.8, 4) is 0 Å². The highest BCUT2D eigenvalue weighted by atomic mass is 35.5. The van der Waals surface area contributed by atoms with E-state index in [1.807, 2.05) is 17.0 Å². The van der Waals surface area contributed by atoms with Gasteiger partial charge in [0.2, 0.25) is 5.91 Å². The van der Waals surface area contributed by atoms with Crippen molar-refractivity contribution in [1.82, 2.24) is 10.6 Å². The van der Waals surface area contributed by atoms with E-state index < -0.39 is 0 Å². The monoisotopic (exact) mass is 337 g/mol. The average molecular weight is 338 g/mol. The molecule has 22 heavy (non-hydrogen) atoms. The van der Waals surface area contributed by atoms with E-state index >= 15 is 0 Å². The molecule has 118 valence electrons. The minimum absolute atomic E-state index is 0.0506. The maximum absolute atomic E-state index is 12.9. The smallest absolute Gasteiger partial charge is 0.245 e. The highest BCUT2D eigenvalue weighted by Crippen LogP contribution is 2.47. The van der Waals surface area contributed by atoms with Gasteiger partial charge in [0.15, 0.2) is 0 Å². The topological polar surface area (TPSA) is 44.4 Å². The van der Waals surface area contributed by atoms with E-state index in [1.54, 1.807) is 11.8 Å². The third-order valence-electron chi connectivity index (χ3n) is 5.12. The van der Waals surface area contributed by atoms with Crippen LogP contribution in [0.25, 0.3) is 0 Å². The molecule has 4 rings (SSSR count). The fraction of sp³-hybridized carbons (Fsp3) is 0.562. The number of nitrogens with zero attached hydrogens (tertiary/aromatic N) is 1. The SMILES string of the molecule is O=C([C@@H]1CSCN1)N1CC2(CCNCC2)c2cc(Cl)ccc21. The standard InChI is InChI=1S/C16H20ClN3OS/c17-11-1-2-14-12(7-11)16(3-5-18-6-4-16)9-20(14)15(21)13-8-22-10-19-13/h1-2,7,13,18-19H,3-6,8-10H2/t13-/m0/s1. The van der Waals surface area contributed by atoms with Crippen LogP contribution in [0.4, 0.5) is 5.69 Å². The van der Waals surface area contributed by atoms with Crippen molar-refractivity contribution >= 4 is 35.0 Å². The summed E-state index contributed by atoms with van der Waals surface area (Å²) in [5.74, 6) is 1.95. The van der Waals surface area contributed by atoms with E-state index in [-0.39, 0.29) is 17.4 Å². The molecule has 1 atom stereocenters. The van der Waals surface area contributed by atoms with Gasteiger partial charge in [0.25, 0.3) is 0 Å². The molecule has 2 N–H and O–H groups in total. The number of carbonyl (C=O) groups is 1. The van der Waals surface area contributed by atoms with Crippen molar-refractivity contribution < 1.29 is 4.79 Å². The van der Waals surface area contributed by atoms with Crippen LogP contribution in [0, 0.1) is 0 Å². The lowest BCUT2D eigenvalue weighted by Crippen LogP contribution is -2.48. The Hall–Kier alpha value is -0.750. The van der Waals surface area contributed by atoms with Crippen molar-refractivity contribution in [2.24, 2.45) is 0 Å². The molecule has 1 spiro atoms. The normalized spacial score (nSPS) is 26.4. The Morgan fingerprint density at radius 1 is 1.36 bits per heavy atom. The molecular weight excluding hydrogens is 318 g/mol. The molecule has 0 unspecified atom stereocenters. The number of piperidine rings is 1. The molecule has 2 fully saturated rings. The Bertz CT molecular complexity index is 597. The van der Waals surface area contributed by atoms with Crippen LogP contribution in [0.1, 0.15) is 18.4 Å². The summed E-state index contributed by atoms with van der Waals surface area (Å²) in [6.07, 6.45) is 2.13. The summed E-state index contributed by atoms with van der Waals surface area (Å²) in [5, 5.41) is 7.49. The van der Waals surface area contributed by atoms with Gasteiger partial charge < -0.3 is 10.2 Å². The molecule has 1 amide bonds. The predicted octanol–water partition coefficient (Wildman–Crippen LogP) is 1.97. The van der Waals surface area contributed by atoms with Crippen LogP contribution in [-0.2, 0) is 10.2 Å². The van der Waals surface area contributed by atoms with E-state index in [1.165, 1.54) is 5.56 Å². The highest BCUT2D eigenvalue weighted by Gasteiger charge is 2.46. The minimum atomic E-state index is -0.0506. The number of nitrogens with one attached hydrogen (secondary N) is 2. The van der Waals surface area contributed by atoms with Gasteiger partial charge >= 0.3 is 0 Å². The second-order valence-corrected chi connectivity index (χ2v) is 7.85. The van der Waals surface area contributed by atoms with Gasteiger partial charge in [-0.1, -0.05) is 11.6 Å². The Labute approximate surface area is 140 Å². The molecule has 3 aliphatic rings. The number of amides is 1. The summed E-state index contributed by atoms with van der Waals surface area (Å²) in [6.45, 7) is 2.81. The van der Waals surface area contributed by atoms with Crippen LogP contribution < -0.4 is 15.5 Å². The number of hydrogen-bond acceptors (Lipinski definition) is 4. The zero-order chi connectivity index (χ0) is 15.2. The molecule has 0 aromatic heterocycles. The first-order valence-electron chi connectivity index (χ1n) is 7.83. The molecule has 0 radical (unpaired) electrons. The van der Waals surface area contributed by atoms with Gasteiger partial charge in [-0.05, 0) is 49.7 Å². The van der Waals surface area contributed by atoms with Gasteiger partial charge in [-0.25, -0.2) is 0 Å². The highest BCUT2D eigenvalue weighted by molar-refractivity contribution is 7.99. The average Bonchev–Trinajstić information content (AvgIpc) is 3.16. The van der Waals surface area contributed by atoms with Crippen LogP contribution in [-0.4, -0.2) is 43.2 Å². The summed E-state index contributed by atoms with van der Waals surface area (Å²) in [6, 6.07) is 5.95. The Balaban J connectivity index is 1.71. The van der Waals surface area contributed by atoms with Crippen LogP contribution in [0.15, 0.2) is 18.2 Å². The summed E-state index contributed by atoms with van der Waals surface area (Å²) in [4.78, 5) is 14.9. The molecule has 3 heterocycles. The summed E-state index contributed by atoms with van der Waals surface area (Å²) in [5.41, 5.74) is 2.41. The molecule has 4 nitrogen and oxygen atoms in total. The molecule has 0 bridgehead atoms. The maximum atomic E-state index is 12.9. The van der Waals surface area contributed by atoms with E-state index in [0.717, 1.165) is 54.8 Å². The molecule has 2 saturated heterocycles. The van der Waals surface area contributed by atoms with Crippen molar-refractivity contribution in [3.05, 3.63) is 28.8 Å². The number of fused-ring (bicyclic) bond motifs is 2.